The van der Waals surface area contributed by atoms with Gasteiger partial charge in [0.05, 0.1) is 12.0 Å². The van der Waals surface area contributed by atoms with Crippen LogP contribution in [0.2, 0.25) is 0 Å². The van der Waals surface area contributed by atoms with E-state index < -0.39 is 10.0 Å². The summed E-state index contributed by atoms with van der Waals surface area (Å²) in [5.41, 5.74) is 1.11. The lowest BCUT2D eigenvalue weighted by atomic mass is 10.2. The zero-order chi connectivity index (χ0) is 17.6. The number of likely N-dealkylation sites (N-methyl/N-ethyl adjacent to an activating group) is 1. The maximum atomic E-state index is 12.5. The highest BCUT2D eigenvalue weighted by molar-refractivity contribution is 7.89. The molecule has 24 heavy (non-hydrogen) atoms. The number of rotatable bonds is 8. The molecule has 0 aliphatic carbocycles. The van der Waals surface area contributed by atoms with E-state index in [2.05, 4.69) is 0 Å². The van der Waals surface area contributed by atoms with Crippen LogP contribution < -0.4 is 9.47 Å². The smallest absolute Gasteiger partial charge is 0.242 e. The highest BCUT2D eigenvalue weighted by atomic mass is 32.2. The van der Waals surface area contributed by atoms with Crippen molar-refractivity contribution in [3.63, 3.8) is 0 Å². The molecule has 0 heterocycles. The number of ether oxygens (including phenoxy) is 2. The molecule has 2 aromatic carbocycles. The van der Waals surface area contributed by atoms with Gasteiger partial charge in [0, 0.05) is 13.6 Å². The molecular weight excluding hydrogens is 326 g/mol. The van der Waals surface area contributed by atoms with Crippen LogP contribution in [0.25, 0.3) is 0 Å². The van der Waals surface area contributed by atoms with Gasteiger partial charge in [-0.2, -0.15) is 4.31 Å². The lowest BCUT2D eigenvalue weighted by molar-refractivity contribution is 0.286. The standard InChI is InChI=1S/C18H23NO4S/c1-4-15-5-11-18(12-6-15)24(20,21)19(2)13-14-23-17-9-7-16(22-3)8-10-17/h5-12H,4,13-14H2,1-3H3. The average molecular weight is 349 g/mol. The lowest BCUT2D eigenvalue weighted by Gasteiger charge is -2.17. The number of aryl methyl sites for hydroxylation is 1. The second-order valence-corrected chi connectivity index (χ2v) is 7.39. The van der Waals surface area contributed by atoms with Crippen molar-refractivity contribution in [2.75, 3.05) is 27.3 Å². The molecule has 0 saturated carbocycles. The molecule has 0 aromatic heterocycles. The molecular formula is C18H23NO4S. The van der Waals surface area contributed by atoms with E-state index in [1.807, 2.05) is 19.1 Å². The fraction of sp³-hybridized carbons (Fsp3) is 0.333. The van der Waals surface area contributed by atoms with Gasteiger partial charge in [0.15, 0.2) is 0 Å². The number of nitrogens with zero attached hydrogens (tertiary/aromatic N) is 1. The molecule has 0 bridgehead atoms. The van der Waals surface area contributed by atoms with Crippen molar-refractivity contribution in [1.29, 1.82) is 0 Å². The largest absolute Gasteiger partial charge is 0.497 e. The molecule has 0 N–H and O–H groups in total. The monoisotopic (exact) mass is 349 g/mol. The molecule has 0 unspecified atom stereocenters. The Balaban J connectivity index is 1.93. The van der Waals surface area contributed by atoms with Crippen LogP contribution in [-0.2, 0) is 16.4 Å². The SMILES string of the molecule is CCc1ccc(S(=O)(=O)N(C)CCOc2ccc(OC)cc2)cc1. The molecule has 0 fully saturated rings. The van der Waals surface area contributed by atoms with Crippen molar-refractivity contribution >= 4 is 10.0 Å². The average Bonchev–Trinajstić information content (AvgIpc) is 2.62. The Hall–Kier alpha value is -2.05. The fourth-order valence-corrected chi connectivity index (χ4v) is 3.32. The van der Waals surface area contributed by atoms with E-state index in [4.69, 9.17) is 9.47 Å². The third kappa shape index (κ3) is 4.49. The van der Waals surface area contributed by atoms with Gasteiger partial charge in [0.1, 0.15) is 18.1 Å². The van der Waals surface area contributed by atoms with E-state index in [0.29, 0.717) is 10.6 Å². The minimum Gasteiger partial charge on any atom is -0.497 e. The van der Waals surface area contributed by atoms with Gasteiger partial charge in [0.2, 0.25) is 10.0 Å². The first-order valence-corrected chi connectivity index (χ1v) is 9.23. The summed E-state index contributed by atoms with van der Waals surface area (Å²) in [6, 6.07) is 14.1. The van der Waals surface area contributed by atoms with Crippen LogP contribution in [0.1, 0.15) is 12.5 Å². The Morgan fingerprint density at radius 2 is 1.54 bits per heavy atom. The minimum absolute atomic E-state index is 0.268. The summed E-state index contributed by atoms with van der Waals surface area (Å²) in [6.45, 7) is 2.57. The van der Waals surface area contributed by atoms with Crippen molar-refractivity contribution in [3.05, 3.63) is 54.1 Å². The summed E-state index contributed by atoms with van der Waals surface area (Å²) in [5, 5.41) is 0. The molecule has 130 valence electrons. The van der Waals surface area contributed by atoms with Crippen molar-refractivity contribution in [2.45, 2.75) is 18.2 Å². The molecule has 0 radical (unpaired) electrons. The quantitative estimate of drug-likeness (QED) is 0.735. The van der Waals surface area contributed by atoms with Crippen molar-refractivity contribution in [2.24, 2.45) is 0 Å². The summed E-state index contributed by atoms with van der Waals surface area (Å²) in [6.07, 6.45) is 0.881. The lowest BCUT2D eigenvalue weighted by Crippen LogP contribution is -2.31. The van der Waals surface area contributed by atoms with E-state index in [-0.39, 0.29) is 13.2 Å². The molecule has 0 saturated heterocycles. The Morgan fingerprint density at radius 1 is 0.958 bits per heavy atom. The number of hydrogen-bond donors (Lipinski definition) is 0. The molecule has 0 aliphatic heterocycles. The molecule has 0 atom stereocenters. The van der Waals surface area contributed by atoms with Crippen LogP contribution in [0.5, 0.6) is 11.5 Å². The van der Waals surface area contributed by atoms with Gasteiger partial charge in [-0.25, -0.2) is 8.42 Å². The highest BCUT2D eigenvalue weighted by Gasteiger charge is 2.20. The number of sulfonamides is 1. The van der Waals surface area contributed by atoms with E-state index in [9.17, 15) is 8.42 Å². The van der Waals surface area contributed by atoms with Gasteiger partial charge in [-0.15, -0.1) is 0 Å². The number of benzene rings is 2. The van der Waals surface area contributed by atoms with Crippen LogP contribution in [0.3, 0.4) is 0 Å². The molecule has 0 spiro atoms. The minimum atomic E-state index is -3.50. The normalized spacial score (nSPS) is 11.5. The summed E-state index contributed by atoms with van der Waals surface area (Å²) >= 11 is 0. The third-order valence-electron chi connectivity index (χ3n) is 3.77. The summed E-state index contributed by atoms with van der Waals surface area (Å²) < 4.78 is 37.0. The summed E-state index contributed by atoms with van der Waals surface area (Å²) in [7, 11) is -0.340. The van der Waals surface area contributed by atoms with E-state index in [1.54, 1.807) is 50.6 Å². The van der Waals surface area contributed by atoms with Gasteiger partial charge >= 0.3 is 0 Å². The predicted molar refractivity (Wildman–Crippen MR) is 94.1 cm³/mol. The first kappa shape index (κ1) is 18.3. The predicted octanol–water partition coefficient (Wildman–Crippen LogP) is 2.96. The van der Waals surface area contributed by atoms with E-state index >= 15 is 0 Å². The Labute approximate surface area is 143 Å². The molecule has 5 nitrogen and oxygen atoms in total. The molecule has 0 amide bonds. The third-order valence-corrected chi connectivity index (χ3v) is 5.65. The van der Waals surface area contributed by atoms with Gasteiger partial charge in [-0.3, -0.25) is 0 Å². The summed E-state index contributed by atoms with van der Waals surface area (Å²) in [5.74, 6) is 1.42. The van der Waals surface area contributed by atoms with Gasteiger partial charge in [-0.05, 0) is 48.4 Å². The maximum absolute atomic E-state index is 12.5. The molecule has 6 heteroatoms. The Morgan fingerprint density at radius 3 is 2.08 bits per heavy atom. The first-order valence-electron chi connectivity index (χ1n) is 7.79. The van der Waals surface area contributed by atoms with Crippen LogP contribution in [0.4, 0.5) is 0 Å². The zero-order valence-electron chi connectivity index (χ0n) is 14.2. The molecule has 0 aliphatic rings. The Bertz CT molecular complexity index is 740. The van der Waals surface area contributed by atoms with Crippen molar-refractivity contribution in [3.8, 4) is 11.5 Å². The highest BCUT2D eigenvalue weighted by Crippen LogP contribution is 2.18. The molecule has 2 rings (SSSR count). The first-order chi connectivity index (χ1) is 11.5. The van der Waals surface area contributed by atoms with Crippen molar-refractivity contribution < 1.29 is 17.9 Å². The van der Waals surface area contributed by atoms with E-state index in [0.717, 1.165) is 17.7 Å². The zero-order valence-corrected chi connectivity index (χ0v) is 15.0. The van der Waals surface area contributed by atoms with Gasteiger partial charge in [0.25, 0.3) is 0 Å². The maximum Gasteiger partial charge on any atom is 0.242 e. The van der Waals surface area contributed by atoms with Gasteiger partial charge < -0.3 is 9.47 Å². The number of hydrogen-bond acceptors (Lipinski definition) is 4. The molecule has 2 aromatic rings. The van der Waals surface area contributed by atoms with Gasteiger partial charge in [-0.1, -0.05) is 19.1 Å². The topological polar surface area (TPSA) is 55.8 Å². The van der Waals surface area contributed by atoms with Crippen LogP contribution >= 0.6 is 0 Å². The van der Waals surface area contributed by atoms with Crippen LogP contribution in [-0.4, -0.2) is 40.0 Å². The second kappa shape index (κ2) is 8.17. The van der Waals surface area contributed by atoms with Crippen LogP contribution in [0.15, 0.2) is 53.4 Å². The second-order valence-electron chi connectivity index (χ2n) is 5.35. The number of methoxy groups -OCH3 is 1. The van der Waals surface area contributed by atoms with Crippen LogP contribution in [0, 0.1) is 0 Å². The summed E-state index contributed by atoms with van der Waals surface area (Å²) in [4.78, 5) is 0.298. The fourth-order valence-electron chi connectivity index (χ4n) is 2.16. The Kier molecular flexibility index (Phi) is 6.23. The van der Waals surface area contributed by atoms with Crippen molar-refractivity contribution in [1.82, 2.24) is 4.31 Å². The van der Waals surface area contributed by atoms with E-state index in [1.165, 1.54) is 4.31 Å².